The Morgan fingerprint density at radius 1 is 1.33 bits per heavy atom. The Balaban J connectivity index is 3.70. The molecule has 15 heavy (non-hydrogen) atoms. The summed E-state index contributed by atoms with van der Waals surface area (Å²) in [7, 11) is 0. The van der Waals surface area contributed by atoms with E-state index >= 15 is 0 Å². The van der Waals surface area contributed by atoms with Crippen LogP contribution in [0, 0.1) is 0 Å². The van der Waals surface area contributed by atoms with E-state index in [2.05, 4.69) is 0 Å². The van der Waals surface area contributed by atoms with Gasteiger partial charge in [-0.25, -0.2) is 4.79 Å². The van der Waals surface area contributed by atoms with Gasteiger partial charge in [-0.15, -0.1) is 0 Å². The quantitative estimate of drug-likeness (QED) is 0.436. The highest BCUT2D eigenvalue weighted by molar-refractivity contribution is 5.66. The zero-order chi connectivity index (χ0) is 11.9. The van der Waals surface area contributed by atoms with Crippen molar-refractivity contribution in [2.45, 2.75) is 39.7 Å². The predicted octanol–water partition coefficient (Wildman–Crippen LogP) is 2.04. The summed E-state index contributed by atoms with van der Waals surface area (Å²) in [5, 5.41) is 9.79. The highest BCUT2D eigenvalue weighted by atomic mass is 16.6. The average Bonchev–Trinajstić information content (AvgIpc) is 2.09. The highest BCUT2D eigenvalue weighted by Gasteiger charge is 2.20. The molecule has 0 aliphatic rings. The van der Waals surface area contributed by atoms with E-state index in [4.69, 9.17) is 9.47 Å². The van der Waals surface area contributed by atoms with Crippen LogP contribution >= 0.6 is 0 Å². The maximum atomic E-state index is 11.2. The van der Waals surface area contributed by atoms with Gasteiger partial charge in [-0.1, -0.05) is 6.92 Å². The van der Waals surface area contributed by atoms with E-state index in [1.165, 1.54) is 0 Å². The van der Waals surface area contributed by atoms with Crippen molar-refractivity contribution < 1.29 is 19.5 Å². The fourth-order valence-electron chi connectivity index (χ4n) is 0.803. The van der Waals surface area contributed by atoms with Gasteiger partial charge >= 0.3 is 6.09 Å². The summed E-state index contributed by atoms with van der Waals surface area (Å²) < 4.78 is 10.1. The minimum absolute atomic E-state index is 0.120. The molecule has 0 aromatic carbocycles. The van der Waals surface area contributed by atoms with E-state index in [1.54, 1.807) is 20.8 Å². The van der Waals surface area contributed by atoms with E-state index in [-0.39, 0.29) is 6.54 Å². The van der Waals surface area contributed by atoms with Crippen LogP contribution in [0.5, 0.6) is 0 Å². The molecule has 0 unspecified atom stereocenters. The smallest absolute Gasteiger partial charge is 0.434 e. The molecule has 0 atom stereocenters. The summed E-state index contributed by atoms with van der Waals surface area (Å²) in [5.41, 5.74) is -0.595. The predicted molar refractivity (Wildman–Crippen MR) is 55.8 cm³/mol. The number of ether oxygens (including phenoxy) is 2. The number of amides is 1. The van der Waals surface area contributed by atoms with Crippen LogP contribution in [0.25, 0.3) is 0 Å². The first kappa shape index (κ1) is 14.2. The van der Waals surface area contributed by atoms with E-state index < -0.39 is 11.7 Å². The molecule has 5 nitrogen and oxygen atoms in total. The molecule has 0 radical (unpaired) electrons. The maximum Gasteiger partial charge on any atom is 0.434 e. The Labute approximate surface area is 90.9 Å². The minimum atomic E-state index is -0.748. The number of rotatable bonds is 5. The first-order valence-corrected chi connectivity index (χ1v) is 5.14. The number of hydroxylamine groups is 2. The second kappa shape index (κ2) is 6.63. The van der Waals surface area contributed by atoms with Gasteiger partial charge in [0.2, 0.25) is 0 Å². The molecule has 1 amide bonds. The van der Waals surface area contributed by atoms with E-state index in [0.717, 1.165) is 6.42 Å². The van der Waals surface area contributed by atoms with Gasteiger partial charge in [0.15, 0.2) is 0 Å². The Morgan fingerprint density at radius 2 is 1.93 bits per heavy atom. The molecule has 0 saturated heterocycles. The van der Waals surface area contributed by atoms with Gasteiger partial charge in [-0.3, -0.25) is 5.21 Å². The van der Waals surface area contributed by atoms with Crippen LogP contribution < -0.4 is 0 Å². The van der Waals surface area contributed by atoms with Crippen molar-refractivity contribution in [1.82, 2.24) is 5.06 Å². The van der Waals surface area contributed by atoms with Crippen LogP contribution in [-0.2, 0) is 9.47 Å². The molecular formula is C10H21NO4. The van der Waals surface area contributed by atoms with Gasteiger partial charge < -0.3 is 9.47 Å². The number of nitrogens with zero attached hydrogens (tertiary/aromatic N) is 1. The second-order valence-electron chi connectivity index (χ2n) is 4.22. The molecule has 1 N–H and O–H groups in total. The molecule has 90 valence electrons. The van der Waals surface area contributed by atoms with Crippen molar-refractivity contribution in [2.75, 3.05) is 19.8 Å². The lowest BCUT2D eigenvalue weighted by atomic mass is 10.2. The zero-order valence-corrected chi connectivity index (χ0v) is 9.95. The number of hydrogen-bond acceptors (Lipinski definition) is 4. The number of hydrogen-bond donors (Lipinski definition) is 1. The van der Waals surface area contributed by atoms with Crippen molar-refractivity contribution in [3.05, 3.63) is 0 Å². The molecule has 0 aliphatic heterocycles. The van der Waals surface area contributed by atoms with Crippen molar-refractivity contribution in [1.29, 1.82) is 0 Å². The van der Waals surface area contributed by atoms with Crippen molar-refractivity contribution in [3.63, 3.8) is 0 Å². The monoisotopic (exact) mass is 219 g/mol. The lowest BCUT2D eigenvalue weighted by Crippen LogP contribution is -2.36. The molecule has 0 aromatic rings. The van der Waals surface area contributed by atoms with Crippen molar-refractivity contribution in [3.8, 4) is 0 Å². The molecule has 0 heterocycles. The van der Waals surface area contributed by atoms with Crippen LogP contribution in [-0.4, -0.2) is 41.7 Å². The third-order valence-electron chi connectivity index (χ3n) is 1.40. The van der Waals surface area contributed by atoms with Gasteiger partial charge in [-0.2, -0.15) is 5.06 Å². The molecule has 0 spiro atoms. The Bertz CT molecular complexity index is 188. The molecule has 0 fully saturated rings. The van der Waals surface area contributed by atoms with Crippen LogP contribution in [0.4, 0.5) is 4.79 Å². The lowest BCUT2D eigenvalue weighted by molar-refractivity contribution is -0.103. The van der Waals surface area contributed by atoms with Gasteiger partial charge in [-0.05, 0) is 27.2 Å². The molecule has 5 heteroatoms. The third kappa shape index (κ3) is 8.20. The average molecular weight is 219 g/mol. The highest BCUT2D eigenvalue weighted by Crippen LogP contribution is 2.08. The topological polar surface area (TPSA) is 59.0 Å². The zero-order valence-electron chi connectivity index (χ0n) is 9.95. The first-order valence-electron chi connectivity index (χ1n) is 5.14. The molecular weight excluding hydrogens is 198 g/mol. The van der Waals surface area contributed by atoms with Crippen LogP contribution in [0.2, 0.25) is 0 Å². The van der Waals surface area contributed by atoms with Gasteiger partial charge in [0.05, 0.1) is 13.2 Å². The van der Waals surface area contributed by atoms with Gasteiger partial charge in [0.1, 0.15) is 5.60 Å². The Kier molecular flexibility index (Phi) is 6.27. The van der Waals surface area contributed by atoms with Crippen LogP contribution in [0.1, 0.15) is 34.1 Å². The molecule has 0 bridgehead atoms. The fourth-order valence-corrected chi connectivity index (χ4v) is 0.803. The van der Waals surface area contributed by atoms with E-state index in [9.17, 15) is 10.0 Å². The summed E-state index contributed by atoms with van der Waals surface area (Å²) in [6, 6.07) is 0. The summed E-state index contributed by atoms with van der Waals surface area (Å²) in [4.78, 5) is 11.2. The van der Waals surface area contributed by atoms with Crippen LogP contribution in [0.15, 0.2) is 0 Å². The van der Waals surface area contributed by atoms with Gasteiger partial charge in [0, 0.05) is 6.61 Å². The first-order chi connectivity index (χ1) is 6.87. The number of carbonyl (C=O) groups is 1. The standard InChI is InChI=1S/C10H21NO4/c1-5-7-14-8-6-11(13)9(12)15-10(2,3)4/h13H,5-8H2,1-4H3. The van der Waals surface area contributed by atoms with E-state index in [0.29, 0.717) is 18.3 Å². The molecule has 0 aromatic heterocycles. The molecule has 0 aliphatic carbocycles. The van der Waals surface area contributed by atoms with Gasteiger partial charge in [0.25, 0.3) is 0 Å². The summed E-state index contributed by atoms with van der Waals surface area (Å²) in [5.74, 6) is 0. The summed E-state index contributed by atoms with van der Waals surface area (Å²) in [6.07, 6.45) is 0.167. The largest absolute Gasteiger partial charge is 0.442 e. The molecule has 0 rings (SSSR count). The SMILES string of the molecule is CCCOCCN(O)C(=O)OC(C)(C)C. The third-order valence-corrected chi connectivity index (χ3v) is 1.40. The summed E-state index contributed by atoms with van der Waals surface area (Å²) >= 11 is 0. The minimum Gasteiger partial charge on any atom is -0.442 e. The second-order valence-corrected chi connectivity index (χ2v) is 4.22. The normalized spacial score (nSPS) is 11.3. The van der Waals surface area contributed by atoms with E-state index in [1.807, 2.05) is 6.92 Å². The number of carbonyl (C=O) groups excluding carboxylic acids is 1. The van der Waals surface area contributed by atoms with Crippen molar-refractivity contribution in [2.24, 2.45) is 0 Å². The Morgan fingerprint density at radius 3 is 2.40 bits per heavy atom. The Hall–Kier alpha value is -0.810. The fraction of sp³-hybridized carbons (Fsp3) is 0.900. The maximum absolute atomic E-state index is 11.2. The van der Waals surface area contributed by atoms with Crippen molar-refractivity contribution >= 4 is 6.09 Å². The van der Waals surface area contributed by atoms with Crippen LogP contribution in [0.3, 0.4) is 0 Å². The molecule has 0 saturated carbocycles. The lowest BCUT2D eigenvalue weighted by Gasteiger charge is -2.23. The summed E-state index contributed by atoms with van der Waals surface area (Å²) in [6.45, 7) is 8.27.